The summed E-state index contributed by atoms with van der Waals surface area (Å²) in [6, 6.07) is 7.36. The van der Waals surface area contributed by atoms with E-state index in [1.165, 1.54) is 6.07 Å². The second-order valence-electron chi connectivity index (χ2n) is 4.46. The van der Waals surface area contributed by atoms with Crippen molar-refractivity contribution in [2.24, 2.45) is 0 Å². The van der Waals surface area contributed by atoms with Crippen LogP contribution in [0, 0.1) is 0 Å². The highest BCUT2D eigenvalue weighted by Gasteiger charge is 2.16. The van der Waals surface area contributed by atoms with Gasteiger partial charge in [0.25, 0.3) is 5.24 Å². The molecule has 0 bridgehead atoms. The van der Waals surface area contributed by atoms with Crippen molar-refractivity contribution in [3.63, 3.8) is 0 Å². The summed E-state index contributed by atoms with van der Waals surface area (Å²) in [5.41, 5.74) is 2.46. The maximum absolute atomic E-state index is 11.0. The maximum atomic E-state index is 11.0. The number of benzene rings is 1. The van der Waals surface area contributed by atoms with E-state index in [1.54, 1.807) is 7.11 Å². The van der Waals surface area contributed by atoms with Crippen LogP contribution in [0.1, 0.15) is 35.9 Å². The summed E-state index contributed by atoms with van der Waals surface area (Å²) >= 11 is 5.36. The summed E-state index contributed by atoms with van der Waals surface area (Å²) in [6.07, 6.45) is 0. The molecule has 1 aromatic heterocycles. The minimum absolute atomic E-state index is 0.0219. The van der Waals surface area contributed by atoms with Crippen molar-refractivity contribution in [1.82, 2.24) is 5.16 Å². The first kappa shape index (κ1) is 13.6. The fraction of sp³-hybridized carbons (Fsp3) is 0.286. The van der Waals surface area contributed by atoms with E-state index in [1.807, 2.05) is 18.2 Å². The van der Waals surface area contributed by atoms with Gasteiger partial charge in [0.15, 0.2) is 0 Å². The smallest absolute Gasteiger partial charge is 0.290 e. The van der Waals surface area contributed by atoms with Gasteiger partial charge in [-0.15, -0.1) is 0 Å². The van der Waals surface area contributed by atoms with Crippen LogP contribution in [0.4, 0.5) is 0 Å². The van der Waals surface area contributed by atoms with Gasteiger partial charge in [0, 0.05) is 11.6 Å². The highest BCUT2D eigenvalue weighted by molar-refractivity contribution is 6.67. The molecule has 1 aromatic carbocycles. The molecule has 0 saturated carbocycles. The van der Waals surface area contributed by atoms with Crippen LogP contribution in [-0.4, -0.2) is 17.5 Å². The Morgan fingerprint density at radius 2 is 2.11 bits per heavy atom. The Morgan fingerprint density at radius 3 is 2.63 bits per heavy atom. The quantitative estimate of drug-likeness (QED) is 0.798. The molecule has 0 N–H and O–H groups in total. The standard InChI is InChI=1S/C14H14ClNO3/c1-8(2)9-4-5-12(18-3)10(6-9)11-7-13(14(15)17)19-16-11/h4-8H,1-3H3. The van der Waals surface area contributed by atoms with Crippen molar-refractivity contribution >= 4 is 16.8 Å². The molecular weight excluding hydrogens is 266 g/mol. The van der Waals surface area contributed by atoms with E-state index in [-0.39, 0.29) is 5.76 Å². The van der Waals surface area contributed by atoms with Gasteiger partial charge in [-0.25, -0.2) is 0 Å². The van der Waals surface area contributed by atoms with E-state index >= 15 is 0 Å². The molecule has 0 spiro atoms. The maximum Gasteiger partial charge on any atom is 0.290 e. The van der Waals surface area contributed by atoms with Crippen molar-refractivity contribution in [3.05, 3.63) is 35.6 Å². The van der Waals surface area contributed by atoms with Gasteiger partial charge in [-0.2, -0.15) is 0 Å². The van der Waals surface area contributed by atoms with E-state index in [4.69, 9.17) is 20.9 Å². The van der Waals surface area contributed by atoms with Crippen LogP contribution >= 0.6 is 11.6 Å². The first-order chi connectivity index (χ1) is 9.02. The Labute approximate surface area is 116 Å². The molecule has 0 aliphatic rings. The Bertz CT molecular complexity index is 604. The molecular formula is C14H14ClNO3. The summed E-state index contributed by atoms with van der Waals surface area (Å²) in [7, 11) is 1.58. The van der Waals surface area contributed by atoms with Gasteiger partial charge in [0.05, 0.1) is 7.11 Å². The second kappa shape index (κ2) is 5.45. The molecule has 1 heterocycles. The van der Waals surface area contributed by atoms with Gasteiger partial charge in [0.1, 0.15) is 11.4 Å². The molecule has 0 aliphatic carbocycles. The summed E-state index contributed by atoms with van der Waals surface area (Å²) in [5, 5.41) is 3.19. The number of hydrogen-bond donors (Lipinski definition) is 0. The van der Waals surface area contributed by atoms with Gasteiger partial charge < -0.3 is 9.26 Å². The lowest BCUT2D eigenvalue weighted by Gasteiger charge is -2.10. The number of aromatic nitrogens is 1. The third kappa shape index (κ3) is 2.79. The molecule has 5 heteroatoms. The van der Waals surface area contributed by atoms with Crippen LogP contribution in [0.2, 0.25) is 0 Å². The number of ether oxygens (including phenoxy) is 1. The lowest BCUT2D eigenvalue weighted by Crippen LogP contribution is -1.93. The predicted molar refractivity (Wildman–Crippen MR) is 72.8 cm³/mol. The van der Waals surface area contributed by atoms with E-state index < -0.39 is 5.24 Å². The predicted octanol–water partition coefficient (Wildman–Crippen LogP) is 3.85. The third-order valence-corrected chi connectivity index (χ3v) is 3.06. The number of carbonyl (C=O) groups is 1. The molecule has 0 fully saturated rings. The fourth-order valence-corrected chi connectivity index (χ4v) is 1.87. The summed E-state index contributed by atoms with van der Waals surface area (Å²) in [6.45, 7) is 4.20. The number of methoxy groups -OCH3 is 1. The molecule has 0 saturated heterocycles. The molecule has 2 aromatic rings. The van der Waals surface area contributed by atoms with Crippen molar-refractivity contribution < 1.29 is 14.1 Å². The number of rotatable bonds is 4. The van der Waals surface area contributed by atoms with Gasteiger partial charge in [-0.05, 0) is 35.2 Å². The zero-order valence-corrected chi connectivity index (χ0v) is 11.7. The van der Waals surface area contributed by atoms with Gasteiger partial charge >= 0.3 is 0 Å². The van der Waals surface area contributed by atoms with Crippen molar-refractivity contribution in [1.29, 1.82) is 0 Å². The molecule has 0 radical (unpaired) electrons. The molecule has 4 nitrogen and oxygen atoms in total. The van der Waals surface area contributed by atoms with E-state index in [9.17, 15) is 4.79 Å². The van der Waals surface area contributed by atoms with E-state index in [0.717, 1.165) is 11.1 Å². The summed E-state index contributed by atoms with van der Waals surface area (Å²) < 4.78 is 10.2. The van der Waals surface area contributed by atoms with Crippen molar-refractivity contribution in [3.8, 4) is 17.0 Å². The number of carbonyl (C=O) groups excluding carboxylic acids is 1. The van der Waals surface area contributed by atoms with Crippen LogP contribution in [0.3, 0.4) is 0 Å². The number of halogens is 1. The largest absolute Gasteiger partial charge is 0.496 e. The third-order valence-electron chi connectivity index (χ3n) is 2.87. The fourth-order valence-electron chi connectivity index (χ4n) is 1.78. The molecule has 100 valence electrons. The molecule has 19 heavy (non-hydrogen) atoms. The van der Waals surface area contributed by atoms with Crippen molar-refractivity contribution in [2.75, 3.05) is 7.11 Å². The van der Waals surface area contributed by atoms with E-state index in [0.29, 0.717) is 17.4 Å². The highest BCUT2D eigenvalue weighted by atomic mass is 35.5. The molecule has 0 unspecified atom stereocenters. The zero-order chi connectivity index (χ0) is 14.0. The summed E-state index contributed by atoms with van der Waals surface area (Å²) in [4.78, 5) is 11.0. The van der Waals surface area contributed by atoms with Crippen molar-refractivity contribution in [2.45, 2.75) is 19.8 Å². The lowest BCUT2D eigenvalue weighted by atomic mass is 9.99. The van der Waals surface area contributed by atoms with E-state index in [2.05, 4.69) is 19.0 Å². The van der Waals surface area contributed by atoms with Crippen LogP contribution in [0.25, 0.3) is 11.3 Å². The zero-order valence-electron chi connectivity index (χ0n) is 10.9. The lowest BCUT2D eigenvalue weighted by molar-refractivity contribution is 0.104. The molecule has 0 amide bonds. The Balaban J connectivity index is 2.51. The van der Waals surface area contributed by atoms with Crippen LogP contribution in [-0.2, 0) is 0 Å². The Kier molecular flexibility index (Phi) is 3.90. The number of nitrogens with zero attached hydrogens (tertiary/aromatic N) is 1. The minimum atomic E-state index is -0.669. The van der Waals surface area contributed by atoms with Gasteiger partial charge in [-0.3, -0.25) is 4.79 Å². The average molecular weight is 280 g/mol. The average Bonchev–Trinajstić information content (AvgIpc) is 2.87. The monoisotopic (exact) mass is 279 g/mol. The Morgan fingerprint density at radius 1 is 1.37 bits per heavy atom. The van der Waals surface area contributed by atoms with Gasteiger partial charge in [0.2, 0.25) is 5.76 Å². The molecule has 2 rings (SSSR count). The molecule has 0 atom stereocenters. The second-order valence-corrected chi connectivity index (χ2v) is 4.81. The first-order valence-electron chi connectivity index (χ1n) is 5.87. The molecule has 0 aliphatic heterocycles. The SMILES string of the molecule is COc1ccc(C(C)C)cc1-c1cc(C(=O)Cl)on1. The first-order valence-corrected chi connectivity index (χ1v) is 6.25. The van der Waals surface area contributed by atoms with Crippen LogP contribution in [0.15, 0.2) is 28.8 Å². The number of hydrogen-bond acceptors (Lipinski definition) is 4. The van der Waals surface area contributed by atoms with Crippen LogP contribution < -0.4 is 4.74 Å². The highest BCUT2D eigenvalue weighted by Crippen LogP contribution is 2.32. The topological polar surface area (TPSA) is 52.3 Å². The van der Waals surface area contributed by atoms with Gasteiger partial charge in [-0.1, -0.05) is 25.1 Å². The van der Waals surface area contributed by atoms with Crippen LogP contribution in [0.5, 0.6) is 5.75 Å². The Hall–Kier alpha value is -1.81. The minimum Gasteiger partial charge on any atom is -0.496 e. The normalized spacial score (nSPS) is 10.8. The summed E-state index contributed by atoms with van der Waals surface area (Å²) in [5.74, 6) is 1.07.